The lowest BCUT2D eigenvalue weighted by atomic mass is 10.2. The number of ether oxygens (including phenoxy) is 2. The second-order valence-electron chi connectivity index (χ2n) is 4.27. The molecule has 0 spiro atoms. The SMILES string of the molecule is CCOc1ccc(O)c(C(=O)OCCN(CC)CC)c1.Cl. The van der Waals surface area contributed by atoms with Crippen molar-refractivity contribution in [1.29, 1.82) is 0 Å². The third kappa shape index (κ3) is 6.23. The molecule has 5 nitrogen and oxygen atoms in total. The Bertz CT molecular complexity index is 436. The van der Waals surface area contributed by atoms with Crippen molar-refractivity contribution in [2.75, 3.05) is 32.8 Å². The van der Waals surface area contributed by atoms with Crippen LogP contribution in [0, 0.1) is 0 Å². The molecule has 0 heterocycles. The van der Waals surface area contributed by atoms with E-state index in [4.69, 9.17) is 9.47 Å². The first-order chi connectivity index (χ1) is 9.62. The molecule has 0 saturated heterocycles. The van der Waals surface area contributed by atoms with Gasteiger partial charge in [-0.3, -0.25) is 0 Å². The first-order valence-corrected chi connectivity index (χ1v) is 6.97. The van der Waals surface area contributed by atoms with Crippen LogP contribution in [0.25, 0.3) is 0 Å². The van der Waals surface area contributed by atoms with Gasteiger partial charge < -0.3 is 19.5 Å². The van der Waals surface area contributed by atoms with Crippen molar-refractivity contribution in [3.05, 3.63) is 23.8 Å². The van der Waals surface area contributed by atoms with Gasteiger partial charge in [0, 0.05) is 6.54 Å². The Morgan fingerprint density at radius 2 is 1.90 bits per heavy atom. The lowest BCUT2D eigenvalue weighted by Crippen LogP contribution is -2.27. The Morgan fingerprint density at radius 3 is 2.48 bits per heavy atom. The van der Waals surface area contributed by atoms with E-state index in [9.17, 15) is 9.90 Å². The number of phenolic OH excluding ortho intramolecular Hbond substituents is 1. The van der Waals surface area contributed by atoms with Crippen molar-refractivity contribution >= 4 is 18.4 Å². The van der Waals surface area contributed by atoms with Gasteiger partial charge in [-0.15, -0.1) is 12.4 Å². The number of hydrogen-bond acceptors (Lipinski definition) is 5. The molecule has 0 saturated carbocycles. The molecule has 0 aromatic heterocycles. The summed E-state index contributed by atoms with van der Waals surface area (Å²) in [6.45, 7) is 9.29. The first kappa shape index (κ1) is 19.5. The number of benzene rings is 1. The second-order valence-corrected chi connectivity index (χ2v) is 4.27. The first-order valence-electron chi connectivity index (χ1n) is 6.97. The van der Waals surface area contributed by atoms with Gasteiger partial charge in [0.1, 0.15) is 23.7 Å². The third-order valence-corrected chi connectivity index (χ3v) is 3.03. The summed E-state index contributed by atoms with van der Waals surface area (Å²) in [5.74, 6) is -0.0847. The van der Waals surface area contributed by atoms with Crippen molar-refractivity contribution < 1.29 is 19.4 Å². The molecule has 0 bridgehead atoms. The van der Waals surface area contributed by atoms with Crippen LogP contribution in [-0.4, -0.2) is 48.8 Å². The number of carbonyl (C=O) groups is 1. The summed E-state index contributed by atoms with van der Waals surface area (Å²) in [6.07, 6.45) is 0. The van der Waals surface area contributed by atoms with Crippen LogP contribution in [0.2, 0.25) is 0 Å². The van der Waals surface area contributed by atoms with E-state index in [1.54, 1.807) is 6.07 Å². The lowest BCUT2D eigenvalue weighted by molar-refractivity contribution is 0.0462. The number of esters is 1. The molecule has 6 heteroatoms. The lowest BCUT2D eigenvalue weighted by Gasteiger charge is -2.17. The second kappa shape index (κ2) is 10.3. The van der Waals surface area contributed by atoms with Gasteiger partial charge in [-0.2, -0.15) is 0 Å². The van der Waals surface area contributed by atoms with Gasteiger partial charge in [-0.05, 0) is 38.2 Å². The molecular formula is C15H24ClNO4. The highest BCUT2D eigenvalue weighted by Crippen LogP contribution is 2.23. The topological polar surface area (TPSA) is 59.0 Å². The van der Waals surface area contributed by atoms with Gasteiger partial charge in [-0.25, -0.2) is 4.79 Å². The molecule has 0 fully saturated rings. The predicted octanol–water partition coefficient (Wildman–Crippen LogP) is 2.71. The van der Waals surface area contributed by atoms with Gasteiger partial charge in [0.15, 0.2) is 0 Å². The molecule has 0 aliphatic rings. The van der Waals surface area contributed by atoms with Crippen molar-refractivity contribution in [3.8, 4) is 11.5 Å². The number of nitrogens with zero attached hydrogens (tertiary/aromatic N) is 1. The standard InChI is InChI=1S/C15H23NO4.ClH/c1-4-16(5-2)9-10-20-15(18)13-11-12(19-6-3)7-8-14(13)17;/h7-8,11,17H,4-6,9-10H2,1-3H3;1H. The van der Waals surface area contributed by atoms with Gasteiger partial charge in [-0.1, -0.05) is 13.8 Å². The smallest absolute Gasteiger partial charge is 0.342 e. The number of carbonyl (C=O) groups excluding carboxylic acids is 1. The zero-order valence-corrected chi connectivity index (χ0v) is 13.6. The van der Waals surface area contributed by atoms with Crippen LogP contribution < -0.4 is 4.74 Å². The average molecular weight is 318 g/mol. The van der Waals surface area contributed by atoms with Gasteiger partial charge in [0.05, 0.1) is 6.61 Å². The van der Waals surface area contributed by atoms with Gasteiger partial charge in [0.25, 0.3) is 0 Å². The van der Waals surface area contributed by atoms with Crippen LogP contribution in [0.5, 0.6) is 11.5 Å². The van der Waals surface area contributed by atoms with Crippen LogP contribution in [0.4, 0.5) is 0 Å². The highest BCUT2D eigenvalue weighted by molar-refractivity contribution is 5.92. The summed E-state index contributed by atoms with van der Waals surface area (Å²) in [5, 5.41) is 9.71. The van der Waals surface area contributed by atoms with Crippen LogP contribution in [0.15, 0.2) is 18.2 Å². The van der Waals surface area contributed by atoms with Crippen LogP contribution in [0.1, 0.15) is 31.1 Å². The van der Waals surface area contributed by atoms with Gasteiger partial charge in [0.2, 0.25) is 0 Å². The van der Waals surface area contributed by atoms with Crippen LogP contribution in [0.3, 0.4) is 0 Å². The molecule has 0 aliphatic heterocycles. The number of phenols is 1. The maximum absolute atomic E-state index is 11.9. The van der Waals surface area contributed by atoms with Crippen LogP contribution >= 0.6 is 12.4 Å². The van der Waals surface area contributed by atoms with Crippen molar-refractivity contribution in [2.45, 2.75) is 20.8 Å². The number of halogens is 1. The summed E-state index contributed by atoms with van der Waals surface area (Å²) >= 11 is 0. The van der Waals surface area contributed by atoms with Crippen molar-refractivity contribution in [1.82, 2.24) is 4.90 Å². The minimum absolute atomic E-state index is 0. The Labute approximate surface area is 132 Å². The fourth-order valence-corrected chi connectivity index (χ4v) is 1.82. The van der Waals surface area contributed by atoms with Crippen molar-refractivity contribution in [2.24, 2.45) is 0 Å². The Balaban J connectivity index is 0.00000400. The molecule has 1 N–H and O–H groups in total. The predicted molar refractivity (Wildman–Crippen MR) is 84.6 cm³/mol. The molecule has 0 unspecified atom stereocenters. The van der Waals surface area contributed by atoms with E-state index in [1.807, 2.05) is 6.92 Å². The zero-order chi connectivity index (χ0) is 15.0. The van der Waals surface area contributed by atoms with E-state index < -0.39 is 5.97 Å². The number of likely N-dealkylation sites (N-methyl/N-ethyl adjacent to an activating group) is 1. The van der Waals surface area contributed by atoms with E-state index in [1.165, 1.54) is 12.1 Å². The molecule has 1 rings (SSSR count). The summed E-state index contributed by atoms with van der Waals surface area (Å²) in [4.78, 5) is 14.1. The fraction of sp³-hybridized carbons (Fsp3) is 0.533. The van der Waals surface area contributed by atoms with E-state index in [2.05, 4.69) is 18.7 Å². The molecule has 0 atom stereocenters. The number of hydrogen-bond donors (Lipinski definition) is 1. The Hall–Kier alpha value is -1.46. The summed E-state index contributed by atoms with van der Waals surface area (Å²) in [6, 6.07) is 4.55. The normalized spacial score (nSPS) is 10.1. The number of aromatic hydroxyl groups is 1. The molecule has 0 radical (unpaired) electrons. The highest BCUT2D eigenvalue weighted by Gasteiger charge is 2.14. The molecule has 1 aromatic rings. The molecule has 120 valence electrons. The molecule has 0 aliphatic carbocycles. The quantitative estimate of drug-likeness (QED) is 0.747. The van der Waals surface area contributed by atoms with E-state index in [0.29, 0.717) is 25.5 Å². The minimum atomic E-state index is -0.531. The molecular weight excluding hydrogens is 294 g/mol. The van der Waals surface area contributed by atoms with E-state index >= 15 is 0 Å². The fourth-order valence-electron chi connectivity index (χ4n) is 1.82. The summed E-state index contributed by atoms with van der Waals surface area (Å²) < 4.78 is 10.5. The Morgan fingerprint density at radius 1 is 1.24 bits per heavy atom. The molecule has 0 amide bonds. The third-order valence-electron chi connectivity index (χ3n) is 3.03. The monoisotopic (exact) mass is 317 g/mol. The minimum Gasteiger partial charge on any atom is -0.507 e. The molecule has 21 heavy (non-hydrogen) atoms. The Kier molecular flexibility index (Phi) is 9.58. The van der Waals surface area contributed by atoms with Crippen molar-refractivity contribution in [3.63, 3.8) is 0 Å². The maximum atomic E-state index is 11.9. The summed E-state index contributed by atoms with van der Waals surface area (Å²) in [7, 11) is 0. The highest BCUT2D eigenvalue weighted by atomic mass is 35.5. The van der Waals surface area contributed by atoms with Crippen LogP contribution in [-0.2, 0) is 4.74 Å². The van der Waals surface area contributed by atoms with E-state index in [0.717, 1.165) is 13.1 Å². The largest absolute Gasteiger partial charge is 0.507 e. The zero-order valence-electron chi connectivity index (χ0n) is 12.8. The van der Waals surface area contributed by atoms with Gasteiger partial charge >= 0.3 is 5.97 Å². The molecule has 1 aromatic carbocycles. The number of rotatable bonds is 8. The average Bonchev–Trinajstić information content (AvgIpc) is 2.45. The summed E-state index contributed by atoms with van der Waals surface area (Å²) in [5.41, 5.74) is 0.135. The van der Waals surface area contributed by atoms with E-state index in [-0.39, 0.29) is 23.7 Å². The maximum Gasteiger partial charge on any atom is 0.342 e.